The predicted octanol–water partition coefficient (Wildman–Crippen LogP) is 1.76. The van der Waals surface area contributed by atoms with Crippen LogP contribution in [0.2, 0.25) is 0 Å². The molecule has 3 nitrogen and oxygen atoms in total. The minimum atomic E-state index is 0.471. The first-order valence-corrected chi connectivity index (χ1v) is 5.72. The van der Waals surface area contributed by atoms with Gasteiger partial charge in [-0.25, -0.2) is 0 Å². The fraction of sp³-hybridized carbons (Fsp3) is 0.667. The molecule has 0 saturated carbocycles. The van der Waals surface area contributed by atoms with Crippen LogP contribution >= 0.6 is 22.6 Å². The number of rotatable bonds is 2. The van der Waals surface area contributed by atoms with Gasteiger partial charge < -0.3 is 5.32 Å². The minimum absolute atomic E-state index is 0.471. The first-order chi connectivity index (χ1) is 6.18. The molecule has 1 fully saturated rings. The molecule has 1 aliphatic rings. The van der Waals surface area contributed by atoms with Crippen molar-refractivity contribution in [1.29, 1.82) is 0 Å². The third kappa shape index (κ3) is 1.74. The lowest BCUT2D eigenvalue weighted by Gasteiger charge is -2.28. The highest BCUT2D eigenvalue weighted by Crippen LogP contribution is 2.24. The first-order valence-electron chi connectivity index (χ1n) is 4.64. The number of nitrogens with one attached hydrogen (secondary N) is 1. The lowest BCUT2D eigenvalue weighted by atomic mass is 9.99. The van der Waals surface area contributed by atoms with E-state index in [4.69, 9.17) is 0 Å². The number of hydrogen-bond acceptors (Lipinski definition) is 2. The lowest BCUT2D eigenvalue weighted by molar-refractivity contribution is 0.398. The maximum absolute atomic E-state index is 4.49. The minimum Gasteiger partial charge on any atom is -0.315 e. The van der Waals surface area contributed by atoms with Crippen LogP contribution in [0.3, 0.4) is 0 Å². The molecule has 1 aromatic rings. The Morgan fingerprint density at radius 1 is 1.62 bits per heavy atom. The average Bonchev–Trinajstić information content (AvgIpc) is 2.27. The molecule has 2 rings (SSSR count). The van der Waals surface area contributed by atoms with Gasteiger partial charge in [0.15, 0.2) is 0 Å². The molecule has 0 radical (unpaired) electrons. The number of nitrogens with zero attached hydrogens (tertiary/aromatic N) is 2. The van der Waals surface area contributed by atoms with Crippen molar-refractivity contribution in [2.45, 2.75) is 25.8 Å². The van der Waals surface area contributed by atoms with Crippen LogP contribution in [0.15, 0.2) is 6.07 Å². The zero-order chi connectivity index (χ0) is 9.42. The van der Waals surface area contributed by atoms with Crippen molar-refractivity contribution < 1.29 is 0 Å². The smallest absolute Gasteiger partial charge is 0.123 e. The zero-order valence-electron chi connectivity index (χ0n) is 7.92. The van der Waals surface area contributed by atoms with Crippen LogP contribution in [0.5, 0.6) is 0 Å². The van der Waals surface area contributed by atoms with E-state index in [1.165, 1.54) is 5.69 Å². The monoisotopic (exact) mass is 291 g/mol. The fourth-order valence-corrected chi connectivity index (χ4v) is 2.15. The van der Waals surface area contributed by atoms with Gasteiger partial charge >= 0.3 is 0 Å². The summed E-state index contributed by atoms with van der Waals surface area (Å²) in [4.78, 5) is 0. The van der Waals surface area contributed by atoms with E-state index < -0.39 is 0 Å². The Kier molecular flexibility index (Phi) is 2.60. The van der Waals surface area contributed by atoms with Crippen molar-refractivity contribution >= 4 is 22.6 Å². The van der Waals surface area contributed by atoms with Gasteiger partial charge in [-0.1, -0.05) is 0 Å². The van der Waals surface area contributed by atoms with Gasteiger partial charge in [-0.15, -0.1) is 0 Å². The Bertz CT molecular complexity index is 302. The zero-order valence-corrected chi connectivity index (χ0v) is 10.1. The Balaban J connectivity index is 2.31. The molecule has 0 unspecified atom stereocenters. The molecule has 0 bridgehead atoms. The van der Waals surface area contributed by atoms with Crippen LogP contribution in [0.4, 0.5) is 0 Å². The van der Waals surface area contributed by atoms with Crippen LogP contribution in [-0.2, 0) is 0 Å². The fourth-order valence-electron chi connectivity index (χ4n) is 1.59. The van der Waals surface area contributed by atoms with Crippen LogP contribution in [0, 0.1) is 3.70 Å². The normalized spacial score (nSPS) is 17.8. The van der Waals surface area contributed by atoms with E-state index in [0.29, 0.717) is 12.0 Å². The Hall–Kier alpha value is -0.100. The number of hydrogen-bond donors (Lipinski definition) is 1. The van der Waals surface area contributed by atoms with Crippen molar-refractivity contribution in [3.05, 3.63) is 15.5 Å². The summed E-state index contributed by atoms with van der Waals surface area (Å²) in [5, 5.41) is 7.78. The third-order valence-electron chi connectivity index (χ3n) is 2.42. The Labute approximate surface area is 92.0 Å². The lowest BCUT2D eigenvalue weighted by Crippen LogP contribution is -2.41. The van der Waals surface area contributed by atoms with Crippen molar-refractivity contribution in [2.75, 3.05) is 13.1 Å². The first kappa shape index (κ1) is 9.45. The maximum Gasteiger partial charge on any atom is 0.123 e. The summed E-state index contributed by atoms with van der Waals surface area (Å²) >= 11 is 2.28. The highest BCUT2D eigenvalue weighted by Gasteiger charge is 2.24. The van der Waals surface area contributed by atoms with E-state index in [1.807, 2.05) is 0 Å². The van der Waals surface area contributed by atoms with E-state index in [1.54, 1.807) is 0 Å². The molecule has 4 heteroatoms. The summed E-state index contributed by atoms with van der Waals surface area (Å²) in [5.41, 5.74) is 1.39. The van der Waals surface area contributed by atoms with E-state index >= 15 is 0 Å². The van der Waals surface area contributed by atoms with Crippen molar-refractivity contribution in [3.8, 4) is 0 Å². The molecule has 1 N–H and O–H groups in total. The quantitative estimate of drug-likeness (QED) is 0.841. The van der Waals surface area contributed by atoms with E-state index in [-0.39, 0.29) is 0 Å². The van der Waals surface area contributed by atoms with E-state index in [0.717, 1.165) is 16.8 Å². The van der Waals surface area contributed by atoms with Crippen LogP contribution in [-0.4, -0.2) is 22.9 Å². The molecule has 0 aromatic carbocycles. The topological polar surface area (TPSA) is 29.9 Å². The molecule has 0 spiro atoms. The van der Waals surface area contributed by atoms with Gasteiger partial charge in [-0.3, -0.25) is 4.68 Å². The molecule has 0 aliphatic carbocycles. The summed E-state index contributed by atoms with van der Waals surface area (Å²) in [6.07, 6.45) is 0. The van der Waals surface area contributed by atoms with Gasteiger partial charge in [0, 0.05) is 30.7 Å². The van der Waals surface area contributed by atoms with Crippen molar-refractivity contribution in [1.82, 2.24) is 15.1 Å². The van der Waals surface area contributed by atoms with Gasteiger partial charge in [-0.05, 0) is 42.5 Å². The second-order valence-electron chi connectivity index (χ2n) is 3.79. The number of aromatic nitrogens is 2. The van der Waals surface area contributed by atoms with Crippen molar-refractivity contribution in [2.24, 2.45) is 0 Å². The molecule has 72 valence electrons. The van der Waals surface area contributed by atoms with Crippen LogP contribution in [0.25, 0.3) is 0 Å². The molecule has 1 saturated heterocycles. The molecule has 13 heavy (non-hydrogen) atoms. The Morgan fingerprint density at radius 2 is 2.31 bits per heavy atom. The van der Waals surface area contributed by atoms with Gasteiger partial charge in [0.05, 0.1) is 0 Å². The van der Waals surface area contributed by atoms with Gasteiger partial charge in [0.1, 0.15) is 3.70 Å². The molecular formula is C9H14IN3. The van der Waals surface area contributed by atoms with Gasteiger partial charge in [-0.2, -0.15) is 5.10 Å². The molecule has 0 atom stereocenters. The maximum atomic E-state index is 4.49. The SMILES string of the molecule is CC(C)n1nc(I)cc1C1CNC1. The summed E-state index contributed by atoms with van der Waals surface area (Å²) in [7, 11) is 0. The summed E-state index contributed by atoms with van der Waals surface area (Å²) in [6.45, 7) is 6.57. The second-order valence-corrected chi connectivity index (χ2v) is 4.89. The van der Waals surface area contributed by atoms with E-state index in [2.05, 4.69) is 57.6 Å². The summed E-state index contributed by atoms with van der Waals surface area (Å²) in [6, 6.07) is 2.67. The van der Waals surface area contributed by atoms with Crippen molar-refractivity contribution in [3.63, 3.8) is 0 Å². The highest BCUT2D eigenvalue weighted by atomic mass is 127. The summed E-state index contributed by atoms with van der Waals surface area (Å²) < 4.78 is 3.25. The molecular weight excluding hydrogens is 277 g/mol. The van der Waals surface area contributed by atoms with Crippen LogP contribution in [0.1, 0.15) is 31.5 Å². The molecule has 1 aliphatic heterocycles. The highest BCUT2D eigenvalue weighted by molar-refractivity contribution is 14.1. The predicted molar refractivity (Wildman–Crippen MR) is 60.9 cm³/mol. The second kappa shape index (κ2) is 3.57. The molecule has 1 aromatic heterocycles. The molecule has 2 heterocycles. The van der Waals surface area contributed by atoms with Gasteiger partial charge in [0.25, 0.3) is 0 Å². The average molecular weight is 291 g/mol. The largest absolute Gasteiger partial charge is 0.315 e. The summed E-state index contributed by atoms with van der Waals surface area (Å²) in [5.74, 6) is 0.679. The van der Waals surface area contributed by atoms with Crippen LogP contribution < -0.4 is 5.32 Å². The Morgan fingerprint density at radius 3 is 2.77 bits per heavy atom. The molecule has 0 amide bonds. The number of halogens is 1. The standard InChI is InChI=1S/C9H14IN3/c1-6(2)13-8(3-9(10)12-13)7-4-11-5-7/h3,6-7,11H,4-5H2,1-2H3. The third-order valence-corrected chi connectivity index (χ3v) is 2.95. The van der Waals surface area contributed by atoms with E-state index in [9.17, 15) is 0 Å². The van der Waals surface area contributed by atoms with Gasteiger partial charge in [0.2, 0.25) is 0 Å².